The molecule has 1 N–H and O–H groups in total. The van der Waals surface area contributed by atoms with E-state index in [4.69, 9.17) is 4.98 Å². The van der Waals surface area contributed by atoms with E-state index in [1.54, 1.807) is 11.3 Å². The summed E-state index contributed by atoms with van der Waals surface area (Å²) in [6.45, 7) is 6.80. The minimum Gasteiger partial charge on any atom is -0.331 e. The molecule has 0 aliphatic carbocycles. The van der Waals surface area contributed by atoms with Crippen LogP contribution in [0.2, 0.25) is 0 Å². The van der Waals surface area contributed by atoms with Crippen molar-refractivity contribution in [2.75, 3.05) is 5.32 Å². The molecular formula is C19H28N2S. The molecule has 0 fully saturated rings. The predicted molar refractivity (Wildman–Crippen MR) is 98.2 cm³/mol. The monoisotopic (exact) mass is 316 g/mol. The average Bonchev–Trinajstić information content (AvgIpc) is 2.94. The van der Waals surface area contributed by atoms with Gasteiger partial charge in [-0.2, -0.15) is 0 Å². The zero-order valence-corrected chi connectivity index (χ0v) is 14.9. The fraction of sp³-hybridized carbons (Fsp3) is 0.526. The third-order valence-corrected chi connectivity index (χ3v) is 4.63. The summed E-state index contributed by atoms with van der Waals surface area (Å²) >= 11 is 1.71. The van der Waals surface area contributed by atoms with E-state index >= 15 is 0 Å². The number of aromatic nitrogens is 1. The Morgan fingerprint density at radius 2 is 1.95 bits per heavy atom. The van der Waals surface area contributed by atoms with E-state index in [1.165, 1.54) is 42.6 Å². The van der Waals surface area contributed by atoms with Gasteiger partial charge in [0.2, 0.25) is 0 Å². The molecule has 0 aliphatic rings. The SMILES string of the molecule is CCCCc1csc(Nc2ccccc2CCCC(C)C)n1. The number of unbranched alkanes of at least 4 members (excludes halogenated alkanes) is 1. The van der Waals surface area contributed by atoms with Gasteiger partial charge in [0, 0.05) is 11.1 Å². The third kappa shape index (κ3) is 5.45. The van der Waals surface area contributed by atoms with Crippen molar-refractivity contribution in [1.82, 2.24) is 4.98 Å². The molecule has 2 rings (SSSR count). The van der Waals surface area contributed by atoms with Gasteiger partial charge in [-0.15, -0.1) is 11.3 Å². The van der Waals surface area contributed by atoms with Gasteiger partial charge >= 0.3 is 0 Å². The Hall–Kier alpha value is -1.35. The number of rotatable bonds is 9. The highest BCUT2D eigenvalue weighted by Gasteiger charge is 2.06. The predicted octanol–water partition coefficient (Wildman–Crippen LogP) is 6.21. The molecule has 1 aromatic heterocycles. The first-order valence-corrected chi connectivity index (χ1v) is 9.36. The van der Waals surface area contributed by atoms with Crippen LogP contribution in [0.3, 0.4) is 0 Å². The Morgan fingerprint density at radius 1 is 1.14 bits per heavy atom. The quantitative estimate of drug-likeness (QED) is 0.595. The van der Waals surface area contributed by atoms with Gasteiger partial charge in [0.1, 0.15) is 0 Å². The molecule has 0 amide bonds. The van der Waals surface area contributed by atoms with Gasteiger partial charge < -0.3 is 5.32 Å². The Morgan fingerprint density at radius 3 is 2.73 bits per heavy atom. The second-order valence-corrected chi connectivity index (χ2v) is 7.17. The molecule has 0 atom stereocenters. The van der Waals surface area contributed by atoms with Crippen molar-refractivity contribution in [2.24, 2.45) is 5.92 Å². The first-order valence-electron chi connectivity index (χ1n) is 8.48. The van der Waals surface area contributed by atoms with E-state index in [0.717, 1.165) is 23.9 Å². The zero-order chi connectivity index (χ0) is 15.8. The second kappa shape index (κ2) is 8.94. The minimum absolute atomic E-state index is 0.778. The van der Waals surface area contributed by atoms with E-state index in [1.807, 2.05) is 0 Å². The van der Waals surface area contributed by atoms with Gasteiger partial charge in [-0.25, -0.2) is 4.98 Å². The van der Waals surface area contributed by atoms with E-state index in [0.29, 0.717) is 0 Å². The highest BCUT2D eigenvalue weighted by Crippen LogP contribution is 2.25. The maximum atomic E-state index is 4.70. The van der Waals surface area contributed by atoms with Gasteiger partial charge in [-0.3, -0.25) is 0 Å². The van der Waals surface area contributed by atoms with Crippen molar-refractivity contribution in [3.63, 3.8) is 0 Å². The van der Waals surface area contributed by atoms with Crippen molar-refractivity contribution in [2.45, 2.75) is 59.3 Å². The summed E-state index contributed by atoms with van der Waals surface area (Å²) in [6.07, 6.45) is 7.19. The third-order valence-electron chi connectivity index (χ3n) is 3.82. The summed E-state index contributed by atoms with van der Waals surface area (Å²) in [5.74, 6) is 0.778. The number of nitrogens with one attached hydrogen (secondary N) is 1. The number of para-hydroxylation sites is 1. The molecule has 3 heteroatoms. The lowest BCUT2D eigenvalue weighted by molar-refractivity contribution is 0.556. The van der Waals surface area contributed by atoms with Crippen molar-refractivity contribution >= 4 is 22.2 Å². The Kier molecular flexibility index (Phi) is 6.91. The van der Waals surface area contributed by atoms with Gasteiger partial charge in [0.15, 0.2) is 5.13 Å². The van der Waals surface area contributed by atoms with Crippen molar-refractivity contribution in [1.29, 1.82) is 0 Å². The van der Waals surface area contributed by atoms with Crippen LogP contribution in [0.1, 0.15) is 57.7 Å². The molecule has 0 aliphatic heterocycles. The summed E-state index contributed by atoms with van der Waals surface area (Å²) in [4.78, 5) is 4.70. The Balaban J connectivity index is 1.98. The standard InChI is InChI=1S/C19H28N2S/c1-4-5-12-17-14-22-19(20-17)21-18-13-7-6-10-16(18)11-8-9-15(2)3/h6-7,10,13-15H,4-5,8-9,11-12H2,1-3H3,(H,20,21). The van der Waals surface area contributed by atoms with E-state index in [2.05, 4.69) is 55.7 Å². The lowest BCUT2D eigenvalue weighted by atomic mass is 10.0. The van der Waals surface area contributed by atoms with Gasteiger partial charge in [0.25, 0.3) is 0 Å². The number of anilines is 2. The second-order valence-electron chi connectivity index (χ2n) is 6.32. The molecule has 0 saturated heterocycles. The van der Waals surface area contributed by atoms with Crippen molar-refractivity contribution in [3.05, 3.63) is 40.9 Å². The number of hydrogen-bond acceptors (Lipinski definition) is 3. The summed E-state index contributed by atoms with van der Waals surface area (Å²) < 4.78 is 0. The molecule has 120 valence electrons. The molecule has 22 heavy (non-hydrogen) atoms. The van der Waals surface area contributed by atoms with Crippen molar-refractivity contribution < 1.29 is 0 Å². The fourth-order valence-corrected chi connectivity index (χ4v) is 3.27. The lowest BCUT2D eigenvalue weighted by Crippen LogP contribution is -1.97. The number of thiazole rings is 1. The smallest absolute Gasteiger partial charge is 0.187 e. The van der Waals surface area contributed by atoms with Crippen LogP contribution in [0.25, 0.3) is 0 Å². The molecule has 0 unspecified atom stereocenters. The van der Waals surface area contributed by atoms with Crippen LogP contribution in [-0.2, 0) is 12.8 Å². The van der Waals surface area contributed by atoms with Crippen LogP contribution in [0.5, 0.6) is 0 Å². The Bertz CT molecular complexity index is 560. The topological polar surface area (TPSA) is 24.9 Å². The van der Waals surface area contributed by atoms with Crippen LogP contribution in [0, 0.1) is 5.92 Å². The van der Waals surface area contributed by atoms with Crippen LogP contribution in [0.4, 0.5) is 10.8 Å². The van der Waals surface area contributed by atoms with Gasteiger partial charge in [-0.05, 0) is 43.2 Å². The van der Waals surface area contributed by atoms with Gasteiger partial charge in [0.05, 0.1) is 5.69 Å². The van der Waals surface area contributed by atoms with Crippen LogP contribution in [-0.4, -0.2) is 4.98 Å². The highest BCUT2D eigenvalue weighted by molar-refractivity contribution is 7.13. The number of aryl methyl sites for hydroxylation is 2. The van der Waals surface area contributed by atoms with Gasteiger partial charge in [-0.1, -0.05) is 51.8 Å². The molecule has 0 bridgehead atoms. The van der Waals surface area contributed by atoms with E-state index in [9.17, 15) is 0 Å². The van der Waals surface area contributed by atoms with Crippen LogP contribution >= 0.6 is 11.3 Å². The average molecular weight is 317 g/mol. The molecule has 2 nitrogen and oxygen atoms in total. The first-order chi connectivity index (χ1) is 10.7. The Labute approximate surface area is 139 Å². The molecule has 0 spiro atoms. The zero-order valence-electron chi connectivity index (χ0n) is 14.1. The summed E-state index contributed by atoms with van der Waals surface area (Å²) in [7, 11) is 0. The highest BCUT2D eigenvalue weighted by atomic mass is 32.1. The number of nitrogens with zero attached hydrogens (tertiary/aromatic N) is 1. The number of benzene rings is 1. The molecule has 2 aromatic rings. The van der Waals surface area contributed by atoms with Crippen LogP contribution < -0.4 is 5.32 Å². The lowest BCUT2D eigenvalue weighted by Gasteiger charge is -2.11. The largest absolute Gasteiger partial charge is 0.331 e. The maximum Gasteiger partial charge on any atom is 0.187 e. The molecule has 0 saturated carbocycles. The summed E-state index contributed by atoms with van der Waals surface area (Å²) in [6, 6.07) is 8.62. The maximum absolute atomic E-state index is 4.70. The van der Waals surface area contributed by atoms with Crippen molar-refractivity contribution in [3.8, 4) is 0 Å². The van der Waals surface area contributed by atoms with E-state index in [-0.39, 0.29) is 0 Å². The number of hydrogen-bond donors (Lipinski definition) is 1. The molecule has 1 aromatic carbocycles. The fourth-order valence-electron chi connectivity index (χ4n) is 2.51. The summed E-state index contributed by atoms with van der Waals surface area (Å²) in [5.41, 5.74) is 3.82. The van der Waals surface area contributed by atoms with Crippen LogP contribution in [0.15, 0.2) is 29.6 Å². The molecular weight excluding hydrogens is 288 g/mol. The molecule has 0 radical (unpaired) electrons. The minimum atomic E-state index is 0.778. The normalized spacial score (nSPS) is 11.1. The summed E-state index contributed by atoms with van der Waals surface area (Å²) in [5, 5.41) is 6.71. The van der Waals surface area contributed by atoms with E-state index < -0.39 is 0 Å². The molecule has 1 heterocycles. The first kappa shape index (κ1) is 17.0.